The van der Waals surface area contributed by atoms with Crippen LogP contribution in [0.25, 0.3) is 0 Å². The van der Waals surface area contributed by atoms with Crippen LogP contribution in [0.2, 0.25) is 5.02 Å². The summed E-state index contributed by atoms with van der Waals surface area (Å²) in [6.45, 7) is 0.891. The molecule has 1 amide bonds. The van der Waals surface area contributed by atoms with Crippen molar-refractivity contribution in [1.82, 2.24) is 5.32 Å². The number of ether oxygens (including phenoxy) is 2. The minimum Gasteiger partial charge on any atom is -0.486 e. The van der Waals surface area contributed by atoms with Gasteiger partial charge in [-0.05, 0) is 25.0 Å². The van der Waals surface area contributed by atoms with Gasteiger partial charge in [0.15, 0.2) is 11.5 Å². The fourth-order valence-electron chi connectivity index (χ4n) is 2.77. The predicted octanol–water partition coefficient (Wildman–Crippen LogP) is 2.14. The van der Waals surface area contributed by atoms with E-state index in [2.05, 4.69) is 5.32 Å². The Morgan fingerprint density at radius 2 is 2.00 bits per heavy atom. The largest absolute Gasteiger partial charge is 0.486 e. The summed E-state index contributed by atoms with van der Waals surface area (Å²) >= 11 is 6.13. The number of amides is 1. The molecule has 2 aliphatic rings. The summed E-state index contributed by atoms with van der Waals surface area (Å²) in [6, 6.07) is 3.00. The lowest BCUT2D eigenvalue weighted by Gasteiger charge is -2.28. The van der Waals surface area contributed by atoms with Crippen molar-refractivity contribution in [2.24, 2.45) is 0 Å². The number of hydrogen-bond acceptors (Lipinski definition) is 4. The normalized spacial score (nSPS) is 24.5. The highest BCUT2D eigenvalue weighted by molar-refractivity contribution is 6.32. The first-order chi connectivity index (χ1) is 10.1. The second-order valence-electron chi connectivity index (χ2n) is 5.41. The van der Waals surface area contributed by atoms with Crippen LogP contribution in [0.4, 0.5) is 0 Å². The van der Waals surface area contributed by atoms with Gasteiger partial charge >= 0.3 is 0 Å². The number of fused-ring (bicyclic) bond motifs is 1. The van der Waals surface area contributed by atoms with Crippen molar-refractivity contribution in [2.45, 2.75) is 37.8 Å². The first-order valence-electron chi connectivity index (χ1n) is 7.23. The highest BCUT2D eigenvalue weighted by Crippen LogP contribution is 2.38. The highest BCUT2D eigenvalue weighted by atomic mass is 35.5. The summed E-state index contributed by atoms with van der Waals surface area (Å²) in [6.07, 6.45) is 3.07. The van der Waals surface area contributed by atoms with Crippen molar-refractivity contribution in [2.75, 3.05) is 13.2 Å². The molecule has 0 spiro atoms. The second-order valence-corrected chi connectivity index (χ2v) is 5.82. The Balaban J connectivity index is 1.76. The van der Waals surface area contributed by atoms with Crippen molar-refractivity contribution >= 4 is 17.5 Å². The van der Waals surface area contributed by atoms with Crippen molar-refractivity contribution in [1.29, 1.82) is 0 Å². The zero-order chi connectivity index (χ0) is 14.8. The van der Waals surface area contributed by atoms with Crippen molar-refractivity contribution in [3.8, 4) is 11.5 Å². The minimum atomic E-state index is -0.476. The van der Waals surface area contributed by atoms with E-state index in [1.165, 1.54) is 0 Å². The zero-order valence-electron chi connectivity index (χ0n) is 11.6. The third kappa shape index (κ3) is 3.09. The molecule has 0 saturated heterocycles. The molecule has 0 radical (unpaired) electrons. The number of aliphatic hydroxyl groups is 1. The van der Waals surface area contributed by atoms with Gasteiger partial charge in [-0.15, -0.1) is 0 Å². The molecule has 1 aliphatic heterocycles. The van der Waals surface area contributed by atoms with Crippen LogP contribution in [-0.4, -0.2) is 36.4 Å². The molecule has 1 aliphatic carbocycles. The van der Waals surface area contributed by atoms with Crippen LogP contribution in [0.1, 0.15) is 36.0 Å². The minimum absolute atomic E-state index is 0.196. The van der Waals surface area contributed by atoms with Gasteiger partial charge in [0.1, 0.15) is 13.2 Å². The molecule has 3 rings (SSSR count). The van der Waals surface area contributed by atoms with Crippen LogP contribution >= 0.6 is 11.6 Å². The smallest absolute Gasteiger partial charge is 0.251 e. The van der Waals surface area contributed by atoms with E-state index in [1.54, 1.807) is 12.1 Å². The topological polar surface area (TPSA) is 67.8 Å². The van der Waals surface area contributed by atoms with E-state index in [4.69, 9.17) is 21.1 Å². The maximum atomic E-state index is 12.3. The van der Waals surface area contributed by atoms with Gasteiger partial charge in [0, 0.05) is 5.56 Å². The average molecular weight is 312 g/mol. The van der Waals surface area contributed by atoms with Gasteiger partial charge in [-0.25, -0.2) is 0 Å². The standard InChI is InChI=1S/C15H18ClNO4/c16-10-7-9(8-13-14(10)21-6-5-20-13)15(19)17-11-3-1-2-4-12(11)18/h7-8,11-12,18H,1-6H2,(H,17,19)/t11-,12-/m0/s1. The summed E-state index contributed by atoms with van der Waals surface area (Å²) in [5.41, 5.74) is 0.419. The number of benzene rings is 1. The van der Waals surface area contributed by atoms with Crippen molar-refractivity contribution in [3.63, 3.8) is 0 Å². The van der Waals surface area contributed by atoms with Gasteiger partial charge in [0.25, 0.3) is 5.91 Å². The summed E-state index contributed by atoms with van der Waals surface area (Å²) in [5.74, 6) is 0.722. The van der Waals surface area contributed by atoms with Crippen LogP contribution in [0.3, 0.4) is 0 Å². The molecule has 0 unspecified atom stereocenters. The lowest BCUT2D eigenvalue weighted by Crippen LogP contribution is -2.45. The molecule has 1 aromatic carbocycles. The first-order valence-corrected chi connectivity index (χ1v) is 7.61. The lowest BCUT2D eigenvalue weighted by atomic mass is 9.92. The van der Waals surface area contributed by atoms with Crippen LogP contribution in [-0.2, 0) is 0 Å². The SMILES string of the molecule is O=C(N[C@H]1CCCC[C@@H]1O)c1cc(Cl)c2c(c1)OCCO2. The molecular formula is C15H18ClNO4. The molecule has 2 N–H and O–H groups in total. The second kappa shape index (κ2) is 6.12. The van der Waals surface area contributed by atoms with E-state index in [9.17, 15) is 9.90 Å². The highest BCUT2D eigenvalue weighted by Gasteiger charge is 2.26. The molecule has 0 bridgehead atoms. The summed E-state index contributed by atoms with van der Waals surface area (Å²) in [4.78, 5) is 12.3. The van der Waals surface area contributed by atoms with Crippen molar-refractivity contribution in [3.05, 3.63) is 22.7 Å². The predicted molar refractivity (Wildman–Crippen MR) is 78.2 cm³/mol. The molecule has 1 fully saturated rings. The Morgan fingerprint density at radius 1 is 1.24 bits per heavy atom. The molecule has 114 valence electrons. The molecule has 5 nitrogen and oxygen atoms in total. The van der Waals surface area contributed by atoms with E-state index >= 15 is 0 Å². The third-order valence-electron chi connectivity index (χ3n) is 3.90. The number of nitrogens with one attached hydrogen (secondary N) is 1. The Kier molecular flexibility index (Phi) is 4.22. The fraction of sp³-hybridized carbons (Fsp3) is 0.533. The molecular weight excluding hydrogens is 294 g/mol. The van der Waals surface area contributed by atoms with E-state index < -0.39 is 6.10 Å². The Bertz CT molecular complexity index is 549. The first kappa shape index (κ1) is 14.5. The van der Waals surface area contributed by atoms with Gasteiger partial charge in [-0.3, -0.25) is 4.79 Å². The number of carbonyl (C=O) groups excluding carboxylic acids is 1. The number of halogens is 1. The average Bonchev–Trinajstić information content (AvgIpc) is 2.49. The van der Waals surface area contributed by atoms with Crippen LogP contribution in [0.15, 0.2) is 12.1 Å². The molecule has 1 saturated carbocycles. The number of rotatable bonds is 2. The Morgan fingerprint density at radius 3 is 2.81 bits per heavy atom. The fourth-order valence-corrected chi connectivity index (χ4v) is 3.04. The van der Waals surface area contributed by atoms with Crippen LogP contribution in [0, 0.1) is 0 Å². The maximum absolute atomic E-state index is 12.3. The van der Waals surface area contributed by atoms with E-state index in [0.29, 0.717) is 35.3 Å². The summed E-state index contributed by atoms with van der Waals surface area (Å²) < 4.78 is 10.9. The van der Waals surface area contributed by atoms with Crippen LogP contribution in [0.5, 0.6) is 11.5 Å². The van der Waals surface area contributed by atoms with Crippen molar-refractivity contribution < 1.29 is 19.4 Å². The number of hydrogen-bond donors (Lipinski definition) is 2. The van der Waals surface area contributed by atoms with Gasteiger partial charge in [0.2, 0.25) is 0 Å². The Labute approximate surface area is 128 Å². The third-order valence-corrected chi connectivity index (χ3v) is 4.19. The Hall–Kier alpha value is -1.46. The van der Waals surface area contributed by atoms with E-state index in [0.717, 1.165) is 25.7 Å². The molecule has 21 heavy (non-hydrogen) atoms. The molecule has 0 aromatic heterocycles. The molecule has 1 heterocycles. The zero-order valence-corrected chi connectivity index (χ0v) is 12.4. The van der Waals surface area contributed by atoms with Gasteiger partial charge in [-0.2, -0.15) is 0 Å². The summed E-state index contributed by atoms with van der Waals surface area (Å²) in [5, 5.41) is 13.2. The van der Waals surface area contributed by atoms with Gasteiger partial charge in [-0.1, -0.05) is 24.4 Å². The summed E-state index contributed by atoms with van der Waals surface area (Å²) in [7, 11) is 0. The molecule has 6 heteroatoms. The van der Waals surface area contributed by atoms with Gasteiger partial charge in [0.05, 0.1) is 17.2 Å². The molecule has 2 atom stereocenters. The van der Waals surface area contributed by atoms with Gasteiger partial charge < -0.3 is 19.9 Å². The number of aliphatic hydroxyl groups excluding tert-OH is 1. The number of carbonyl (C=O) groups is 1. The quantitative estimate of drug-likeness (QED) is 0.878. The molecule has 1 aromatic rings. The van der Waals surface area contributed by atoms with Crippen LogP contribution < -0.4 is 14.8 Å². The lowest BCUT2D eigenvalue weighted by molar-refractivity contribution is 0.0716. The van der Waals surface area contributed by atoms with E-state index in [-0.39, 0.29) is 11.9 Å². The van der Waals surface area contributed by atoms with E-state index in [1.807, 2.05) is 0 Å². The monoisotopic (exact) mass is 311 g/mol. The maximum Gasteiger partial charge on any atom is 0.251 e.